The lowest BCUT2D eigenvalue weighted by atomic mass is 10.2. The largest absolute Gasteiger partial charge is 0.476 e. The van der Waals surface area contributed by atoms with Gasteiger partial charge in [0.2, 0.25) is 0 Å². The van der Waals surface area contributed by atoms with E-state index in [4.69, 9.17) is 9.84 Å². The lowest BCUT2D eigenvalue weighted by molar-refractivity contribution is 0.0691. The smallest absolute Gasteiger partial charge is 0.355 e. The van der Waals surface area contributed by atoms with Crippen LogP contribution < -0.4 is 4.74 Å². The van der Waals surface area contributed by atoms with Gasteiger partial charge in [-0.2, -0.15) is 0 Å². The monoisotopic (exact) mass is 311 g/mol. The average Bonchev–Trinajstić information content (AvgIpc) is 3.00. The molecule has 0 saturated heterocycles. The van der Waals surface area contributed by atoms with Crippen molar-refractivity contribution in [3.05, 3.63) is 65.2 Å². The summed E-state index contributed by atoms with van der Waals surface area (Å²) in [6.45, 7) is 2.03. The van der Waals surface area contributed by atoms with Crippen LogP contribution in [0.2, 0.25) is 0 Å². The fraction of sp³-hybridized carbons (Fsp3) is 0.0588. The fourth-order valence-corrected chi connectivity index (χ4v) is 2.71. The molecule has 5 heteroatoms. The molecular formula is C17H13NO3S. The number of thiazole rings is 1. The van der Waals surface area contributed by atoms with E-state index >= 15 is 0 Å². The lowest BCUT2D eigenvalue weighted by Crippen LogP contribution is -1.95. The number of aromatic nitrogens is 1. The van der Waals surface area contributed by atoms with Crippen molar-refractivity contribution in [3.63, 3.8) is 0 Å². The first-order valence-corrected chi connectivity index (χ1v) is 7.53. The van der Waals surface area contributed by atoms with Gasteiger partial charge in [0.1, 0.15) is 16.5 Å². The summed E-state index contributed by atoms with van der Waals surface area (Å²) in [7, 11) is 0. The molecule has 22 heavy (non-hydrogen) atoms. The van der Waals surface area contributed by atoms with E-state index < -0.39 is 5.97 Å². The van der Waals surface area contributed by atoms with Crippen LogP contribution in [0.15, 0.2) is 53.9 Å². The molecule has 0 fully saturated rings. The van der Waals surface area contributed by atoms with Gasteiger partial charge in [-0.1, -0.05) is 17.7 Å². The number of aryl methyl sites for hydroxylation is 1. The number of hydrogen-bond donors (Lipinski definition) is 1. The van der Waals surface area contributed by atoms with E-state index in [0.717, 1.165) is 17.1 Å². The van der Waals surface area contributed by atoms with E-state index in [2.05, 4.69) is 4.98 Å². The predicted octanol–water partition coefficient (Wildman–Crippen LogP) is 4.61. The maximum Gasteiger partial charge on any atom is 0.355 e. The van der Waals surface area contributed by atoms with Gasteiger partial charge in [0.05, 0.1) is 0 Å². The molecule has 4 nitrogen and oxygen atoms in total. The summed E-state index contributed by atoms with van der Waals surface area (Å²) in [5.41, 5.74) is 2.12. The van der Waals surface area contributed by atoms with Gasteiger partial charge < -0.3 is 9.84 Å². The van der Waals surface area contributed by atoms with Crippen molar-refractivity contribution in [2.75, 3.05) is 0 Å². The Kier molecular flexibility index (Phi) is 3.89. The number of rotatable bonds is 4. The van der Waals surface area contributed by atoms with Gasteiger partial charge in [0.15, 0.2) is 5.69 Å². The first-order valence-electron chi connectivity index (χ1n) is 6.65. The van der Waals surface area contributed by atoms with Crippen LogP contribution in [0.3, 0.4) is 0 Å². The summed E-state index contributed by atoms with van der Waals surface area (Å²) in [5.74, 6) is 0.491. The molecule has 0 bridgehead atoms. The Morgan fingerprint density at radius 1 is 1.05 bits per heavy atom. The highest BCUT2D eigenvalue weighted by molar-refractivity contribution is 7.13. The third-order valence-corrected chi connectivity index (χ3v) is 3.97. The number of hydrogen-bond acceptors (Lipinski definition) is 4. The third-order valence-electron chi connectivity index (χ3n) is 3.08. The van der Waals surface area contributed by atoms with Crippen LogP contribution >= 0.6 is 11.3 Å². The molecule has 0 aliphatic heterocycles. The van der Waals surface area contributed by atoms with Gasteiger partial charge in [-0.05, 0) is 43.3 Å². The number of ether oxygens (including phenoxy) is 1. The van der Waals surface area contributed by atoms with Crippen LogP contribution in [-0.4, -0.2) is 16.1 Å². The Morgan fingerprint density at radius 2 is 1.64 bits per heavy atom. The summed E-state index contributed by atoms with van der Waals surface area (Å²) >= 11 is 1.31. The molecule has 0 spiro atoms. The number of benzene rings is 2. The number of carboxylic acid groups (broad SMARTS) is 1. The van der Waals surface area contributed by atoms with E-state index in [1.807, 2.05) is 55.5 Å². The molecule has 3 rings (SSSR count). The highest BCUT2D eigenvalue weighted by atomic mass is 32.1. The van der Waals surface area contributed by atoms with Gasteiger partial charge in [-0.25, -0.2) is 9.78 Å². The van der Waals surface area contributed by atoms with E-state index in [9.17, 15) is 4.79 Å². The summed E-state index contributed by atoms with van der Waals surface area (Å²) in [6.07, 6.45) is 0. The van der Waals surface area contributed by atoms with Crippen molar-refractivity contribution in [3.8, 4) is 22.1 Å². The van der Waals surface area contributed by atoms with E-state index in [1.54, 1.807) is 0 Å². The first-order chi connectivity index (χ1) is 10.6. The van der Waals surface area contributed by atoms with E-state index in [-0.39, 0.29) is 5.69 Å². The van der Waals surface area contributed by atoms with E-state index in [1.165, 1.54) is 22.3 Å². The van der Waals surface area contributed by atoms with Crippen molar-refractivity contribution in [2.24, 2.45) is 0 Å². The minimum atomic E-state index is -1.01. The molecule has 2 aromatic carbocycles. The Hall–Kier alpha value is -2.66. The van der Waals surface area contributed by atoms with Crippen LogP contribution in [0.25, 0.3) is 10.6 Å². The second-order valence-electron chi connectivity index (χ2n) is 4.78. The predicted molar refractivity (Wildman–Crippen MR) is 85.8 cm³/mol. The van der Waals surface area contributed by atoms with Crippen LogP contribution in [0, 0.1) is 6.92 Å². The normalized spacial score (nSPS) is 10.4. The average molecular weight is 311 g/mol. The maximum absolute atomic E-state index is 10.9. The van der Waals surface area contributed by atoms with Crippen LogP contribution in [0.5, 0.6) is 11.5 Å². The molecular weight excluding hydrogens is 298 g/mol. The summed E-state index contributed by atoms with van der Waals surface area (Å²) < 4.78 is 5.76. The summed E-state index contributed by atoms with van der Waals surface area (Å²) in [6, 6.07) is 15.3. The number of carbonyl (C=O) groups is 1. The van der Waals surface area contributed by atoms with Gasteiger partial charge in [-0.3, -0.25) is 0 Å². The highest BCUT2D eigenvalue weighted by Gasteiger charge is 2.10. The SMILES string of the molecule is Cc1ccc(Oc2ccc(-c3nc(C(=O)O)cs3)cc2)cc1. The molecule has 1 N–H and O–H groups in total. The second-order valence-corrected chi connectivity index (χ2v) is 5.64. The number of carboxylic acids is 1. The van der Waals surface area contributed by atoms with Crippen molar-refractivity contribution >= 4 is 17.3 Å². The zero-order valence-corrected chi connectivity index (χ0v) is 12.6. The van der Waals surface area contributed by atoms with Crippen molar-refractivity contribution in [1.29, 1.82) is 0 Å². The molecule has 1 aromatic heterocycles. The number of nitrogens with zero attached hydrogens (tertiary/aromatic N) is 1. The molecule has 110 valence electrons. The number of aromatic carboxylic acids is 1. The molecule has 1 heterocycles. The molecule has 3 aromatic rings. The van der Waals surface area contributed by atoms with Gasteiger partial charge >= 0.3 is 5.97 Å². The van der Waals surface area contributed by atoms with Crippen LogP contribution in [0.4, 0.5) is 0 Å². The zero-order chi connectivity index (χ0) is 15.5. The lowest BCUT2D eigenvalue weighted by Gasteiger charge is -2.06. The summed E-state index contributed by atoms with van der Waals surface area (Å²) in [5, 5.41) is 11.1. The Balaban J connectivity index is 1.77. The molecule has 0 unspecified atom stereocenters. The molecule has 0 saturated carbocycles. The Bertz CT molecular complexity index is 792. The minimum absolute atomic E-state index is 0.0694. The molecule has 0 radical (unpaired) electrons. The molecule has 0 atom stereocenters. The quantitative estimate of drug-likeness (QED) is 0.764. The van der Waals surface area contributed by atoms with Crippen molar-refractivity contribution in [2.45, 2.75) is 6.92 Å². The van der Waals surface area contributed by atoms with Gasteiger partial charge in [0.25, 0.3) is 0 Å². The van der Waals surface area contributed by atoms with Gasteiger partial charge in [-0.15, -0.1) is 11.3 Å². The van der Waals surface area contributed by atoms with Crippen molar-refractivity contribution < 1.29 is 14.6 Å². The van der Waals surface area contributed by atoms with Crippen LogP contribution in [0.1, 0.15) is 16.1 Å². The maximum atomic E-state index is 10.9. The Morgan fingerprint density at radius 3 is 2.18 bits per heavy atom. The van der Waals surface area contributed by atoms with Gasteiger partial charge in [0, 0.05) is 10.9 Å². The van der Waals surface area contributed by atoms with Crippen molar-refractivity contribution in [1.82, 2.24) is 4.98 Å². The second kappa shape index (κ2) is 5.99. The molecule has 0 aliphatic rings. The molecule has 0 aliphatic carbocycles. The third kappa shape index (κ3) is 3.15. The molecule has 0 amide bonds. The Labute approximate surface area is 131 Å². The minimum Gasteiger partial charge on any atom is -0.476 e. The highest BCUT2D eigenvalue weighted by Crippen LogP contribution is 2.28. The first kappa shape index (κ1) is 14.3. The fourth-order valence-electron chi connectivity index (χ4n) is 1.91. The zero-order valence-electron chi connectivity index (χ0n) is 11.8. The van der Waals surface area contributed by atoms with Crippen LogP contribution in [-0.2, 0) is 0 Å². The summed E-state index contributed by atoms with van der Waals surface area (Å²) in [4.78, 5) is 14.9. The van der Waals surface area contributed by atoms with E-state index in [0.29, 0.717) is 5.01 Å². The topological polar surface area (TPSA) is 59.4 Å². The standard InChI is InChI=1S/C17H13NO3S/c1-11-2-6-13(7-3-11)21-14-8-4-12(5-9-14)16-18-15(10-22-16)17(19)20/h2-10H,1H3,(H,19,20).